The molecule has 2 heterocycles. The van der Waals surface area contributed by atoms with E-state index in [0.717, 1.165) is 23.4 Å². The Morgan fingerprint density at radius 2 is 1.92 bits per heavy atom. The molecule has 5 aromatic rings. The van der Waals surface area contributed by atoms with Crippen molar-refractivity contribution in [3.05, 3.63) is 124 Å². The minimum absolute atomic E-state index is 0. The molecule has 0 saturated heterocycles. The van der Waals surface area contributed by atoms with Crippen molar-refractivity contribution in [3.8, 4) is 17.3 Å². The molecule has 0 saturated carbocycles. The summed E-state index contributed by atoms with van der Waals surface area (Å²) in [6.45, 7) is 2.46. The zero-order valence-electron chi connectivity index (χ0n) is 26.6. The van der Waals surface area contributed by atoms with Crippen molar-refractivity contribution in [2.75, 3.05) is 6.79 Å². The van der Waals surface area contributed by atoms with Gasteiger partial charge in [-0.05, 0) is 41.8 Å². The van der Waals surface area contributed by atoms with Gasteiger partial charge in [-0.1, -0.05) is 44.2 Å². The van der Waals surface area contributed by atoms with Gasteiger partial charge in [0.25, 0.3) is 7.82 Å². The van der Waals surface area contributed by atoms with E-state index in [2.05, 4.69) is 25.7 Å². The van der Waals surface area contributed by atoms with Gasteiger partial charge in [0, 0.05) is 22.6 Å². The fraction of sp³-hybridized carbons (Fsp3) is 0.219. The SMILES string of the molecule is CC(C)C(Cn1cncn1)(OCOC(=O)c1cccc(COP(=O)([O-])O)c1)c1ccc(F)cc1F.N#Cc1ccc(-c2cscn2)cc1.[Na+]. The number of phosphoric acid groups is 1. The van der Waals surface area contributed by atoms with Crippen LogP contribution in [0.1, 0.15) is 40.9 Å². The fourth-order valence-electron chi connectivity index (χ4n) is 4.54. The van der Waals surface area contributed by atoms with Crippen LogP contribution in [0.15, 0.2) is 90.3 Å². The maximum Gasteiger partial charge on any atom is 1.00 e. The standard InChI is InChI=1S/C22H24F2N3O7P.C10H6N2S.Na/c1-15(2)22(11-27-13-25-12-26-27,19-7-6-18(23)9-20(19)24)33-14-32-21(28)17-5-3-4-16(8-17)10-34-35(29,30)31;11-5-8-1-3-9(4-2-8)10-6-13-7-12-10;/h3-9,12-13,15H,10-11,14H2,1-2H3,(H2,29,30,31);1-4,6-7H;/q;;+1/p-1. The van der Waals surface area contributed by atoms with Crippen molar-refractivity contribution in [1.82, 2.24) is 19.7 Å². The first-order valence-corrected chi connectivity index (χ1v) is 16.6. The molecule has 0 radical (unpaired) electrons. The second kappa shape index (κ2) is 18.4. The van der Waals surface area contributed by atoms with Gasteiger partial charge in [0.05, 0.1) is 41.6 Å². The van der Waals surface area contributed by atoms with Gasteiger partial charge in [-0.25, -0.2) is 28.2 Å². The topological polar surface area (TPSA) is 173 Å². The molecule has 2 unspecified atom stereocenters. The molecule has 2 aromatic heterocycles. The Balaban J connectivity index is 0.000000387. The smallest absolute Gasteiger partial charge is 0.756 e. The van der Waals surface area contributed by atoms with Crippen molar-refractivity contribution in [2.24, 2.45) is 5.92 Å². The summed E-state index contributed by atoms with van der Waals surface area (Å²) in [5, 5.41) is 14.6. The summed E-state index contributed by atoms with van der Waals surface area (Å²) < 4.78 is 56.1. The quantitative estimate of drug-likeness (QED) is 0.0870. The Labute approximate surface area is 306 Å². The minimum Gasteiger partial charge on any atom is -0.756 e. The number of aromatic nitrogens is 4. The number of carbonyl (C=O) groups excluding carboxylic acids is 1. The number of nitriles is 1. The van der Waals surface area contributed by atoms with E-state index in [-0.39, 0.29) is 53.1 Å². The van der Waals surface area contributed by atoms with E-state index in [1.165, 1.54) is 47.7 Å². The molecule has 3 aromatic carbocycles. The summed E-state index contributed by atoms with van der Waals surface area (Å²) in [6, 6.07) is 18.3. The first-order valence-electron chi connectivity index (χ1n) is 14.1. The molecule has 0 bridgehead atoms. The molecule has 2 atom stereocenters. The predicted octanol–water partition coefficient (Wildman–Crippen LogP) is 2.60. The van der Waals surface area contributed by atoms with Crippen molar-refractivity contribution in [2.45, 2.75) is 32.6 Å². The Kier molecular flexibility index (Phi) is 14.9. The van der Waals surface area contributed by atoms with E-state index in [9.17, 15) is 23.0 Å². The summed E-state index contributed by atoms with van der Waals surface area (Å²) in [4.78, 5) is 40.1. The van der Waals surface area contributed by atoms with E-state index >= 15 is 0 Å². The van der Waals surface area contributed by atoms with E-state index in [4.69, 9.17) is 19.6 Å². The van der Waals surface area contributed by atoms with Crippen LogP contribution >= 0.6 is 19.2 Å². The van der Waals surface area contributed by atoms with Gasteiger partial charge in [-0.15, -0.1) is 11.3 Å². The number of nitrogens with zero attached hydrogens (tertiary/aromatic N) is 5. The Morgan fingerprint density at radius 1 is 1.16 bits per heavy atom. The summed E-state index contributed by atoms with van der Waals surface area (Å²) in [6.07, 6.45) is 2.71. The second-order valence-corrected chi connectivity index (χ2v) is 12.4. The number of ether oxygens (including phenoxy) is 2. The number of esters is 1. The summed E-state index contributed by atoms with van der Waals surface area (Å²) >= 11 is 1.57. The van der Waals surface area contributed by atoms with Crippen LogP contribution in [0.3, 0.4) is 0 Å². The average molecular weight is 720 g/mol. The van der Waals surface area contributed by atoms with Crippen LogP contribution in [-0.4, -0.2) is 37.4 Å². The summed E-state index contributed by atoms with van der Waals surface area (Å²) in [5.41, 5.74) is 3.50. The Morgan fingerprint density at radius 3 is 2.51 bits per heavy atom. The van der Waals surface area contributed by atoms with Gasteiger partial charge in [-0.3, -0.25) is 4.57 Å². The number of thiazole rings is 1. The second-order valence-electron chi connectivity index (χ2n) is 10.5. The molecule has 5 rings (SSSR count). The number of phosphoric ester groups is 1. The zero-order chi connectivity index (χ0) is 34.7. The van der Waals surface area contributed by atoms with Crippen LogP contribution in [0, 0.1) is 28.9 Å². The van der Waals surface area contributed by atoms with E-state index in [1.807, 2.05) is 17.5 Å². The predicted molar refractivity (Wildman–Crippen MR) is 168 cm³/mol. The largest absolute Gasteiger partial charge is 1.00 e. The number of rotatable bonds is 12. The van der Waals surface area contributed by atoms with Gasteiger partial charge >= 0.3 is 35.5 Å². The molecule has 0 aliphatic heterocycles. The van der Waals surface area contributed by atoms with Crippen molar-refractivity contribution >= 4 is 25.1 Å². The monoisotopic (exact) mass is 719 g/mol. The molecule has 0 spiro atoms. The zero-order valence-corrected chi connectivity index (χ0v) is 30.3. The molecular weight excluding hydrogens is 690 g/mol. The maximum atomic E-state index is 14.8. The molecule has 250 valence electrons. The molecule has 17 heteroatoms. The minimum atomic E-state index is -4.93. The number of halogens is 2. The first-order chi connectivity index (χ1) is 22.9. The number of carbonyl (C=O) groups is 1. The van der Waals surface area contributed by atoms with Crippen molar-refractivity contribution < 1.29 is 71.5 Å². The summed E-state index contributed by atoms with van der Waals surface area (Å²) in [5.74, 6) is -2.78. The van der Waals surface area contributed by atoms with E-state index in [0.29, 0.717) is 11.1 Å². The van der Waals surface area contributed by atoms with Crippen LogP contribution in [0.4, 0.5) is 8.78 Å². The maximum absolute atomic E-state index is 14.8. The molecule has 1 N–H and O–H groups in total. The third kappa shape index (κ3) is 11.4. The fourth-order valence-corrected chi connectivity index (χ4v) is 5.42. The molecular formula is C32H29F2N5NaO7PS. The van der Waals surface area contributed by atoms with Gasteiger partial charge in [0.15, 0.2) is 6.79 Å². The third-order valence-corrected chi connectivity index (χ3v) is 8.03. The molecule has 0 aliphatic carbocycles. The number of hydrogen-bond donors (Lipinski definition) is 1. The Bertz CT molecular complexity index is 1890. The number of benzene rings is 3. The molecule has 0 aliphatic rings. The van der Waals surface area contributed by atoms with Crippen molar-refractivity contribution in [1.29, 1.82) is 5.26 Å². The first kappa shape index (κ1) is 39.8. The van der Waals surface area contributed by atoms with Crippen LogP contribution in [0.5, 0.6) is 0 Å². The third-order valence-electron chi connectivity index (χ3n) is 6.99. The molecule has 0 amide bonds. The molecule has 49 heavy (non-hydrogen) atoms. The number of hydrogen-bond acceptors (Lipinski definition) is 11. The van der Waals surface area contributed by atoms with E-state index in [1.54, 1.807) is 42.8 Å². The van der Waals surface area contributed by atoms with Crippen LogP contribution in [-0.2, 0) is 37.3 Å². The Hall–Kier alpha value is -3.68. The van der Waals surface area contributed by atoms with Gasteiger partial charge in [0.2, 0.25) is 0 Å². The van der Waals surface area contributed by atoms with Crippen molar-refractivity contribution in [3.63, 3.8) is 0 Å². The van der Waals surface area contributed by atoms with Crippen LogP contribution in [0.25, 0.3) is 11.3 Å². The average Bonchev–Trinajstić information content (AvgIpc) is 3.79. The van der Waals surface area contributed by atoms with Gasteiger partial charge in [0.1, 0.15) is 29.9 Å². The van der Waals surface area contributed by atoms with E-state index < -0.39 is 44.4 Å². The van der Waals surface area contributed by atoms with Gasteiger partial charge in [-0.2, -0.15) is 10.4 Å². The van der Waals surface area contributed by atoms with Crippen LogP contribution < -0.4 is 34.5 Å². The molecule has 12 nitrogen and oxygen atoms in total. The van der Waals surface area contributed by atoms with Crippen LogP contribution in [0.2, 0.25) is 0 Å². The van der Waals surface area contributed by atoms with Gasteiger partial charge < -0.3 is 23.8 Å². The normalized spacial score (nSPS) is 13.2. The molecule has 0 fully saturated rings. The summed E-state index contributed by atoms with van der Waals surface area (Å²) in [7, 11) is -4.93.